The van der Waals surface area contributed by atoms with E-state index in [1.807, 2.05) is 12.1 Å². The molecule has 0 fully saturated rings. The van der Waals surface area contributed by atoms with Crippen molar-refractivity contribution in [2.24, 2.45) is 0 Å². The Hall–Kier alpha value is -1.33. The molecule has 1 aromatic rings. The van der Waals surface area contributed by atoms with Gasteiger partial charge in [-0.1, -0.05) is 0 Å². The van der Waals surface area contributed by atoms with Gasteiger partial charge in [-0.05, 0) is 12.5 Å². The average Bonchev–Trinajstić information content (AvgIpc) is 2.38. The fourth-order valence-corrected chi connectivity index (χ4v) is 1.28. The smallest absolute Gasteiger partial charge is 0.214 e. The third kappa shape index (κ3) is 6.09. The van der Waals surface area contributed by atoms with Crippen LogP contribution >= 0.6 is 0 Å². The molecular formula is C12H20N2O3. The van der Waals surface area contributed by atoms with Crippen molar-refractivity contribution in [1.82, 2.24) is 4.98 Å². The van der Waals surface area contributed by atoms with E-state index in [0.717, 1.165) is 25.3 Å². The lowest BCUT2D eigenvalue weighted by Crippen LogP contribution is -2.08. The van der Waals surface area contributed by atoms with E-state index >= 15 is 0 Å². The van der Waals surface area contributed by atoms with Gasteiger partial charge in [0.2, 0.25) is 5.88 Å². The molecule has 0 saturated heterocycles. The number of methoxy groups -OCH3 is 2. The number of hydrogen-bond donors (Lipinski definition) is 1. The van der Waals surface area contributed by atoms with E-state index in [2.05, 4.69) is 10.3 Å². The molecule has 1 N–H and O–H groups in total. The topological polar surface area (TPSA) is 52.6 Å². The number of nitrogens with one attached hydrogen (secondary N) is 1. The van der Waals surface area contributed by atoms with Crippen molar-refractivity contribution in [2.75, 3.05) is 45.9 Å². The summed E-state index contributed by atoms with van der Waals surface area (Å²) in [5, 5.41) is 3.28. The van der Waals surface area contributed by atoms with Gasteiger partial charge < -0.3 is 19.5 Å². The van der Waals surface area contributed by atoms with E-state index in [4.69, 9.17) is 14.2 Å². The van der Waals surface area contributed by atoms with Crippen LogP contribution in [-0.2, 0) is 9.47 Å². The van der Waals surface area contributed by atoms with Crippen molar-refractivity contribution in [3.05, 3.63) is 18.3 Å². The predicted octanol–water partition coefficient (Wildman–Crippen LogP) is 1.56. The number of anilines is 1. The average molecular weight is 240 g/mol. The summed E-state index contributed by atoms with van der Waals surface area (Å²) in [6.07, 6.45) is 2.67. The molecule has 1 heterocycles. The molecule has 0 radical (unpaired) electrons. The van der Waals surface area contributed by atoms with Gasteiger partial charge in [0.25, 0.3) is 0 Å². The molecule has 0 aromatic carbocycles. The normalized spacial score (nSPS) is 10.2. The molecule has 0 unspecified atom stereocenters. The van der Waals surface area contributed by atoms with Crippen molar-refractivity contribution < 1.29 is 14.2 Å². The van der Waals surface area contributed by atoms with Gasteiger partial charge in [-0.2, -0.15) is 0 Å². The molecule has 0 amide bonds. The van der Waals surface area contributed by atoms with E-state index in [9.17, 15) is 0 Å². The molecule has 0 aliphatic heterocycles. The maximum Gasteiger partial charge on any atom is 0.214 e. The molecule has 1 rings (SSSR count). The zero-order valence-electron chi connectivity index (χ0n) is 10.4. The Morgan fingerprint density at radius 2 is 2.12 bits per heavy atom. The molecule has 0 atom stereocenters. The highest BCUT2D eigenvalue weighted by Crippen LogP contribution is 2.12. The fourth-order valence-electron chi connectivity index (χ4n) is 1.28. The Morgan fingerprint density at radius 1 is 1.24 bits per heavy atom. The first-order valence-electron chi connectivity index (χ1n) is 5.67. The van der Waals surface area contributed by atoms with Gasteiger partial charge in [0.05, 0.1) is 20.3 Å². The van der Waals surface area contributed by atoms with Crippen molar-refractivity contribution in [2.45, 2.75) is 6.42 Å². The maximum atomic E-state index is 5.35. The number of aromatic nitrogens is 1. The van der Waals surface area contributed by atoms with Gasteiger partial charge in [0.15, 0.2) is 0 Å². The van der Waals surface area contributed by atoms with Crippen LogP contribution in [0.2, 0.25) is 0 Å². The van der Waals surface area contributed by atoms with Crippen LogP contribution in [0.25, 0.3) is 0 Å². The third-order valence-corrected chi connectivity index (χ3v) is 2.17. The van der Waals surface area contributed by atoms with Gasteiger partial charge in [-0.25, -0.2) is 4.98 Å². The second kappa shape index (κ2) is 8.78. The standard InChI is InChI=1S/C12H20N2O3/c1-15-8-9-17-7-3-5-13-11-4-6-14-12(10-11)16-2/h4,6,10H,3,5,7-9H2,1-2H3,(H,13,14). The molecule has 5 heteroatoms. The molecule has 17 heavy (non-hydrogen) atoms. The number of pyridine rings is 1. The minimum atomic E-state index is 0.617. The third-order valence-electron chi connectivity index (χ3n) is 2.17. The summed E-state index contributed by atoms with van der Waals surface area (Å²) >= 11 is 0. The zero-order valence-corrected chi connectivity index (χ0v) is 10.4. The van der Waals surface area contributed by atoms with Gasteiger partial charge in [-0.3, -0.25) is 0 Å². The monoisotopic (exact) mass is 240 g/mol. The Bertz CT molecular complexity index is 308. The van der Waals surface area contributed by atoms with Crippen molar-refractivity contribution >= 4 is 5.69 Å². The highest BCUT2D eigenvalue weighted by Gasteiger charge is 1.96. The van der Waals surface area contributed by atoms with Gasteiger partial charge in [0.1, 0.15) is 0 Å². The quantitative estimate of drug-likeness (QED) is 0.664. The minimum absolute atomic E-state index is 0.617. The summed E-state index contributed by atoms with van der Waals surface area (Å²) in [4.78, 5) is 4.04. The second-order valence-corrected chi connectivity index (χ2v) is 3.47. The van der Waals surface area contributed by atoms with Gasteiger partial charge >= 0.3 is 0 Å². The first kappa shape index (κ1) is 13.7. The summed E-state index contributed by atoms with van der Waals surface area (Å²) in [7, 11) is 3.28. The lowest BCUT2D eigenvalue weighted by molar-refractivity contribution is 0.0705. The zero-order chi connectivity index (χ0) is 12.3. The Kier molecular flexibility index (Phi) is 7.09. The molecule has 96 valence electrons. The van der Waals surface area contributed by atoms with Crippen molar-refractivity contribution in [3.8, 4) is 5.88 Å². The lowest BCUT2D eigenvalue weighted by Gasteiger charge is -2.07. The Labute approximate surface area is 102 Å². The van der Waals surface area contributed by atoms with E-state index in [1.54, 1.807) is 20.4 Å². The lowest BCUT2D eigenvalue weighted by atomic mass is 10.3. The van der Waals surface area contributed by atoms with Crippen LogP contribution in [0.15, 0.2) is 18.3 Å². The second-order valence-electron chi connectivity index (χ2n) is 3.47. The number of nitrogens with zero attached hydrogens (tertiary/aromatic N) is 1. The number of rotatable bonds is 9. The van der Waals surface area contributed by atoms with E-state index < -0.39 is 0 Å². The molecule has 1 aromatic heterocycles. The highest BCUT2D eigenvalue weighted by atomic mass is 16.5. The van der Waals surface area contributed by atoms with E-state index in [-0.39, 0.29) is 0 Å². The highest BCUT2D eigenvalue weighted by molar-refractivity contribution is 5.44. The Balaban J connectivity index is 2.09. The van der Waals surface area contributed by atoms with E-state index in [0.29, 0.717) is 19.1 Å². The Morgan fingerprint density at radius 3 is 2.88 bits per heavy atom. The summed E-state index contributed by atoms with van der Waals surface area (Å²) in [5.74, 6) is 0.617. The molecule has 0 saturated carbocycles. The largest absolute Gasteiger partial charge is 0.481 e. The van der Waals surface area contributed by atoms with Gasteiger partial charge in [0, 0.05) is 38.2 Å². The van der Waals surface area contributed by atoms with Crippen LogP contribution in [-0.4, -0.2) is 45.6 Å². The summed E-state index contributed by atoms with van der Waals surface area (Å²) in [6, 6.07) is 3.78. The van der Waals surface area contributed by atoms with Gasteiger partial charge in [-0.15, -0.1) is 0 Å². The van der Waals surface area contributed by atoms with Crippen LogP contribution in [0.3, 0.4) is 0 Å². The maximum absolute atomic E-state index is 5.35. The van der Waals surface area contributed by atoms with Crippen molar-refractivity contribution in [3.63, 3.8) is 0 Å². The summed E-state index contributed by atoms with van der Waals surface area (Å²) in [5.41, 5.74) is 1.01. The molecule has 0 aliphatic carbocycles. The fraction of sp³-hybridized carbons (Fsp3) is 0.583. The van der Waals surface area contributed by atoms with Crippen LogP contribution in [0.4, 0.5) is 5.69 Å². The van der Waals surface area contributed by atoms with Crippen LogP contribution in [0.5, 0.6) is 5.88 Å². The number of hydrogen-bond acceptors (Lipinski definition) is 5. The molecule has 0 aliphatic rings. The molecule has 5 nitrogen and oxygen atoms in total. The molecular weight excluding hydrogens is 220 g/mol. The van der Waals surface area contributed by atoms with Crippen molar-refractivity contribution in [1.29, 1.82) is 0 Å². The molecule has 0 spiro atoms. The van der Waals surface area contributed by atoms with Crippen LogP contribution in [0, 0.1) is 0 Å². The first-order valence-corrected chi connectivity index (χ1v) is 5.67. The van der Waals surface area contributed by atoms with Crippen LogP contribution < -0.4 is 10.1 Å². The predicted molar refractivity (Wildman–Crippen MR) is 66.6 cm³/mol. The first-order chi connectivity index (χ1) is 8.36. The summed E-state index contributed by atoms with van der Waals surface area (Å²) < 4.78 is 15.3. The van der Waals surface area contributed by atoms with Crippen LogP contribution in [0.1, 0.15) is 6.42 Å². The molecule has 0 bridgehead atoms. The number of ether oxygens (including phenoxy) is 3. The summed E-state index contributed by atoms with van der Waals surface area (Å²) in [6.45, 7) is 2.90. The van der Waals surface area contributed by atoms with E-state index in [1.165, 1.54) is 0 Å². The SMILES string of the molecule is COCCOCCCNc1ccnc(OC)c1. The minimum Gasteiger partial charge on any atom is -0.481 e.